The SMILES string of the molecule is CN=C(CCc1cccc(F)c1)SC. The van der Waals surface area contributed by atoms with Crippen LogP contribution in [-0.2, 0) is 6.42 Å². The Bertz CT molecular complexity index is 323. The van der Waals surface area contributed by atoms with Gasteiger partial charge in [0.1, 0.15) is 5.82 Å². The molecule has 0 bridgehead atoms. The first-order valence-corrected chi connectivity index (χ1v) is 5.73. The molecule has 0 aliphatic heterocycles. The summed E-state index contributed by atoms with van der Waals surface area (Å²) in [4.78, 5) is 4.13. The highest BCUT2D eigenvalue weighted by molar-refractivity contribution is 8.13. The van der Waals surface area contributed by atoms with Crippen LogP contribution in [0.3, 0.4) is 0 Å². The quantitative estimate of drug-likeness (QED) is 0.552. The van der Waals surface area contributed by atoms with E-state index in [2.05, 4.69) is 4.99 Å². The van der Waals surface area contributed by atoms with Crippen LogP contribution < -0.4 is 0 Å². The molecule has 1 aromatic carbocycles. The molecule has 0 saturated carbocycles. The Kier molecular flexibility index (Phi) is 4.66. The van der Waals surface area contributed by atoms with Crippen LogP contribution in [0.1, 0.15) is 12.0 Å². The van der Waals surface area contributed by atoms with Crippen molar-refractivity contribution in [1.29, 1.82) is 0 Å². The van der Waals surface area contributed by atoms with E-state index in [0.717, 1.165) is 23.4 Å². The van der Waals surface area contributed by atoms with Crippen LogP contribution in [0.15, 0.2) is 29.3 Å². The fourth-order valence-corrected chi connectivity index (χ4v) is 1.74. The van der Waals surface area contributed by atoms with Crippen LogP contribution in [0.2, 0.25) is 0 Å². The van der Waals surface area contributed by atoms with E-state index < -0.39 is 0 Å². The fraction of sp³-hybridized carbons (Fsp3) is 0.364. The normalized spacial score (nSPS) is 11.8. The molecule has 0 heterocycles. The molecule has 0 spiro atoms. The standard InChI is InChI=1S/C11H14FNS/c1-13-11(14-2)7-6-9-4-3-5-10(12)8-9/h3-5,8H,6-7H2,1-2H3. The third-order valence-corrected chi connectivity index (χ3v) is 2.86. The second-order valence-corrected chi connectivity index (χ2v) is 3.83. The van der Waals surface area contributed by atoms with Gasteiger partial charge in [0.05, 0.1) is 5.04 Å². The summed E-state index contributed by atoms with van der Waals surface area (Å²) in [6.45, 7) is 0. The van der Waals surface area contributed by atoms with Crippen LogP contribution in [0.5, 0.6) is 0 Å². The summed E-state index contributed by atoms with van der Waals surface area (Å²) in [5.41, 5.74) is 1.03. The van der Waals surface area contributed by atoms with E-state index in [9.17, 15) is 4.39 Å². The van der Waals surface area contributed by atoms with E-state index in [-0.39, 0.29) is 5.82 Å². The minimum absolute atomic E-state index is 0.165. The topological polar surface area (TPSA) is 12.4 Å². The highest BCUT2D eigenvalue weighted by atomic mass is 32.2. The predicted molar refractivity (Wildman–Crippen MR) is 61.6 cm³/mol. The average Bonchev–Trinajstić information content (AvgIpc) is 2.19. The van der Waals surface area contributed by atoms with Gasteiger partial charge in [0.25, 0.3) is 0 Å². The molecule has 0 aliphatic carbocycles. The number of thioether (sulfide) groups is 1. The van der Waals surface area contributed by atoms with Crippen molar-refractivity contribution in [2.24, 2.45) is 4.99 Å². The Morgan fingerprint density at radius 3 is 2.86 bits per heavy atom. The lowest BCUT2D eigenvalue weighted by Gasteiger charge is -2.02. The maximum atomic E-state index is 12.8. The van der Waals surface area contributed by atoms with Gasteiger partial charge in [-0.3, -0.25) is 4.99 Å². The predicted octanol–water partition coefficient (Wildman–Crippen LogP) is 3.15. The summed E-state index contributed by atoms with van der Waals surface area (Å²) in [5, 5.41) is 1.11. The fourth-order valence-electron chi connectivity index (χ4n) is 1.25. The van der Waals surface area contributed by atoms with Crippen LogP contribution >= 0.6 is 11.8 Å². The van der Waals surface area contributed by atoms with Gasteiger partial charge < -0.3 is 0 Å². The minimum Gasteiger partial charge on any atom is -0.286 e. The Morgan fingerprint density at radius 1 is 1.50 bits per heavy atom. The van der Waals surface area contributed by atoms with E-state index in [1.807, 2.05) is 12.3 Å². The van der Waals surface area contributed by atoms with Crippen molar-refractivity contribution in [1.82, 2.24) is 0 Å². The summed E-state index contributed by atoms with van der Waals surface area (Å²) in [5.74, 6) is -0.165. The Morgan fingerprint density at radius 2 is 2.29 bits per heavy atom. The van der Waals surface area contributed by atoms with Gasteiger partial charge in [-0.05, 0) is 36.8 Å². The van der Waals surface area contributed by atoms with E-state index in [4.69, 9.17) is 0 Å². The van der Waals surface area contributed by atoms with Crippen molar-refractivity contribution in [2.45, 2.75) is 12.8 Å². The van der Waals surface area contributed by atoms with Crippen molar-refractivity contribution < 1.29 is 4.39 Å². The van der Waals surface area contributed by atoms with Gasteiger partial charge in [-0.25, -0.2) is 4.39 Å². The number of rotatable bonds is 3. The molecule has 14 heavy (non-hydrogen) atoms. The number of aryl methyl sites for hydroxylation is 1. The molecule has 1 aromatic rings. The number of nitrogens with zero attached hydrogens (tertiary/aromatic N) is 1. The molecule has 1 rings (SSSR count). The van der Waals surface area contributed by atoms with E-state index in [1.165, 1.54) is 6.07 Å². The molecule has 3 heteroatoms. The number of halogens is 1. The van der Waals surface area contributed by atoms with Gasteiger partial charge in [0, 0.05) is 7.05 Å². The van der Waals surface area contributed by atoms with Gasteiger partial charge in [-0.2, -0.15) is 0 Å². The van der Waals surface area contributed by atoms with Gasteiger partial charge >= 0.3 is 0 Å². The lowest BCUT2D eigenvalue weighted by Crippen LogP contribution is -1.95. The average molecular weight is 211 g/mol. The number of aliphatic imine (C=N–C) groups is 1. The molecule has 0 fully saturated rings. The van der Waals surface area contributed by atoms with Crippen molar-refractivity contribution in [3.63, 3.8) is 0 Å². The third kappa shape index (κ3) is 3.50. The highest BCUT2D eigenvalue weighted by Crippen LogP contribution is 2.10. The first kappa shape index (κ1) is 11.2. The van der Waals surface area contributed by atoms with Crippen LogP contribution in [0.25, 0.3) is 0 Å². The maximum Gasteiger partial charge on any atom is 0.123 e. The van der Waals surface area contributed by atoms with Gasteiger partial charge in [-0.1, -0.05) is 12.1 Å². The van der Waals surface area contributed by atoms with Crippen molar-refractivity contribution in [3.05, 3.63) is 35.6 Å². The molecule has 0 saturated heterocycles. The monoisotopic (exact) mass is 211 g/mol. The first-order chi connectivity index (χ1) is 6.76. The lowest BCUT2D eigenvalue weighted by molar-refractivity contribution is 0.625. The first-order valence-electron chi connectivity index (χ1n) is 4.50. The molecule has 0 atom stereocenters. The van der Waals surface area contributed by atoms with E-state index in [0.29, 0.717) is 0 Å². The van der Waals surface area contributed by atoms with Gasteiger partial charge in [0.2, 0.25) is 0 Å². The molecule has 0 amide bonds. The molecule has 1 nitrogen and oxygen atoms in total. The summed E-state index contributed by atoms with van der Waals surface area (Å²) in [6.07, 6.45) is 3.75. The van der Waals surface area contributed by atoms with Crippen molar-refractivity contribution in [2.75, 3.05) is 13.3 Å². The van der Waals surface area contributed by atoms with Gasteiger partial charge in [-0.15, -0.1) is 11.8 Å². The summed E-state index contributed by atoms with van der Waals surface area (Å²) < 4.78 is 12.8. The highest BCUT2D eigenvalue weighted by Gasteiger charge is 1.99. The maximum absolute atomic E-state index is 12.8. The molecular formula is C11H14FNS. The molecule has 0 radical (unpaired) electrons. The Labute approximate surface area is 88.4 Å². The zero-order chi connectivity index (χ0) is 10.4. The largest absolute Gasteiger partial charge is 0.286 e. The molecule has 0 aromatic heterocycles. The number of hydrogen-bond acceptors (Lipinski definition) is 2. The Balaban J connectivity index is 2.53. The number of hydrogen-bond donors (Lipinski definition) is 0. The van der Waals surface area contributed by atoms with Crippen LogP contribution in [-0.4, -0.2) is 18.3 Å². The minimum atomic E-state index is -0.165. The zero-order valence-corrected chi connectivity index (χ0v) is 9.27. The summed E-state index contributed by atoms with van der Waals surface area (Å²) in [6, 6.07) is 6.73. The summed E-state index contributed by atoms with van der Waals surface area (Å²) in [7, 11) is 1.79. The lowest BCUT2D eigenvalue weighted by atomic mass is 10.1. The molecule has 76 valence electrons. The molecular weight excluding hydrogens is 197 g/mol. The molecule has 0 N–H and O–H groups in total. The van der Waals surface area contributed by atoms with Crippen molar-refractivity contribution >= 4 is 16.8 Å². The van der Waals surface area contributed by atoms with Gasteiger partial charge in [0.15, 0.2) is 0 Å². The van der Waals surface area contributed by atoms with E-state index in [1.54, 1.807) is 30.9 Å². The van der Waals surface area contributed by atoms with Crippen molar-refractivity contribution in [3.8, 4) is 0 Å². The second-order valence-electron chi connectivity index (χ2n) is 2.95. The molecule has 0 unspecified atom stereocenters. The second kappa shape index (κ2) is 5.81. The summed E-state index contributed by atoms with van der Waals surface area (Å²) >= 11 is 1.65. The third-order valence-electron chi connectivity index (χ3n) is 2.00. The number of benzene rings is 1. The molecule has 0 aliphatic rings. The van der Waals surface area contributed by atoms with Crippen LogP contribution in [0.4, 0.5) is 4.39 Å². The van der Waals surface area contributed by atoms with E-state index >= 15 is 0 Å². The smallest absolute Gasteiger partial charge is 0.123 e. The van der Waals surface area contributed by atoms with Crippen LogP contribution in [0, 0.1) is 5.82 Å². The zero-order valence-electron chi connectivity index (χ0n) is 8.46. The Hall–Kier alpha value is -0.830.